The molecule has 2 aromatic heterocycles. The number of pyridine rings is 1. The van der Waals surface area contributed by atoms with Crippen LogP contribution in [-0.4, -0.2) is 21.7 Å². The van der Waals surface area contributed by atoms with Crippen molar-refractivity contribution in [2.24, 2.45) is 5.10 Å². The number of amides is 1. The lowest BCUT2D eigenvalue weighted by Gasteiger charge is -2.09. The van der Waals surface area contributed by atoms with Crippen LogP contribution in [0.5, 0.6) is 0 Å². The zero-order valence-corrected chi connectivity index (χ0v) is 13.6. The van der Waals surface area contributed by atoms with Gasteiger partial charge in [0.05, 0.1) is 11.8 Å². The third-order valence-electron chi connectivity index (χ3n) is 3.75. The van der Waals surface area contributed by atoms with Crippen LogP contribution in [0, 0.1) is 13.8 Å². The van der Waals surface area contributed by atoms with Crippen LogP contribution in [-0.2, 0) is 0 Å². The Morgan fingerprint density at radius 3 is 2.67 bits per heavy atom. The fourth-order valence-electron chi connectivity index (χ4n) is 2.65. The molecule has 0 atom stereocenters. The molecule has 0 saturated carbocycles. The van der Waals surface area contributed by atoms with Crippen molar-refractivity contribution in [2.45, 2.75) is 13.8 Å². The molecule has 1 N–H and O–H groups in total. The molecule has 24 heavy (non-hydrogen) atoms. The Labute approximate surface area is 140 Å². The Kier molecular flexibility index (Phi) is 4.52. The van der Waals surface area contributed by atoms with Crippen LogP contribution in [0.3, 0.4) is 0 Å². The number of hydrogen-bond acceptors (Lipinski definition) is 3. The summed E-state index contributed by atoms with van der Waals surface area (Å²) in [6.45, 7) is 3.91. The van der Waals surface area contributed by atoms with E-state index < -0.39 is 0 Å². The van der Waals surface area contributed by atoms with E-state index in [9.17, 15) is 4.79 Å². The van der Waals surface area contributed by atoms with E-state index in [0.29, 0.717) is 5.56 Å². The third-order valence-corrected chi connectivity index (χ3v) is 3.75. The summed E-state index contributed by atoms with van der Waals surface area (Å²) in [5.74, 6) is -0.231. The Hall–Kier alpha value is -3.21. The summed E-state index contributed by atoms with van der Waals surface area (Å²) in [6, 6.07) is 15.5. The normalized spacial score (nSPS) is 10.9. The maximum Gasteiger partial charge on any atom is 0.273 e. The molecule has 1 amide bonds. The van der Waals surface area contributed by atoms with Crippen LogP contribution < -0.4 is 5.43 Å². The molecule has 1 aromatic carbocycles. The van der Waals surface area contributed by atoms with Gasteiger partial charge in [-0.3, -0.25) is 9.78 Å². The van der Waals surface area contributed by atoms with Gasteiger partial charge in [-0.25, -0.2) is 5.43 Å². The van der Waals surface area contributed by atoms with Crippen molar-refractivity contribution in [1.82, 2.24) is 15.0 Å². The van der Waals surface area contributed by atoms with Crippen LogP contribution in [0.25, 0.3) is 5.69 Å². The van der Waals surface area contributed by atoms with Gasteiger partial charge in [0.15, 0.2) is 0 Å². The second-order valence-electron chi connectivity index (χ2n) is 5.44. The number of nitrogens with one attached hydrogen (secondary N) is 1. The predicted molar refractivity (Wildman–Crippen MR) is 94.5 cm³/mol. The first-order valence-electron chi connectivity index (χ1n) is 7.64. The number of benzene rings is 1. The first-order chi connectivity index (χ1) is 11.7. The molecular formula is C19H18N4O. The molecule has 3 rings (SSSR count). The van der Waals surface area contributed by atoms with E-state index >= 15 is 0 Å². The fraction of sp³-hybridized carbons (Fsp3) is 0.105. The lowest BCUT2D eigenvalue weighted by atomic mass is 10.2. The standard InChI is InChI=1S/C19H18N4O/c1-14-11-18(15(2)23(14)17-8-4-3-5-9-17)19(24)22-21-13-16-7-6-10-20-12-16/h3-13H,1-2H3,(H,22,24)/b21-13+. The Morgan fingerprint density at radius 1 is 1.17 bits per heavy atom. The van der Waals surface area contributed by atoms with Crippen molar-refractivity contribution in [2.75, 3.05) is 0 Å². The highest BCUT2D eigenvalue weighted by Crippen LogP contribution is 2.20. The average molecular weight is 318 g/mol. The summed E-state index contributed by atoms with van der Waals surface area (Å²) in [6.07, 6.45) is 4.94. The molecule has 3 aromatic rings. The van der Waals surface area contributed by atoms with Crippen LogP contribution in [0.1, 0.15) is 27.3 Å². The summed E-state index contributed by atoms with van der Waals surface area (Å²) >= 11 is 0. The Bertz CT molecular complexity index is 867. The number of hydrogen-bond donors (Lipinski definition) is 1. The van der Waals surface area contributed by atoms with Crippen molar-refractivity contribution < 1.29 is 4.79 Å². The van der Waals surface area contributed by atoms with Gasteiger partial charge in [-0.1, -0.05) is 24.3 Å². The molecule has 0 fully saturated rings. The second kappa shape index (κ2) is 6.91. The zero-order chi connectivity index (χ0) is 16.9. The summed E-state index contributed by atoms with van der Waals surface area (Å²) in [7, 11) is 0. The summed E-state index contributed by atoms with van der Waals surface area (Å²) in [4.78, 5) is 16.4. The van der Waals surface area contributed by atoms with Crippen molar-refractivity contribution in [3.63, 3.8) is 0 Å². The smallest absolute Gasteiger partial charge is 0.273 e. The van der Waals surface area contributed by atoms with Gasteiger partial charge in [-0.05, 0) is 38.1 Å². The zero-order valence-electron chi connectivity index (χ0n) is 13.6. The van der Waals surface area contributed by atoms with Crippen LogP contribution >= 0.6 is 0 Å². The molecule has 5 heteroatoms. The van der Waals surface area contributed by atoms with Gasteiger partial charge in [-0.2, -0.15) is 5.10 Å². The van der Waals surface area contributed by atoms with Crippen LogP contribution in [0.4, 0.5) is 0 Å². The molecule has 0 aliphatic heterocycles. The largest absolute Gasteiger partial charge is 0.318 e. The van der Waals surface area contributed by atoms with E-state index in [2.05, 4.69) is 20.1 Å². The minimum absolute atomic E-state index is 0.231. The number of rotatable bonds is 4. The van der Waals surface area contributed by atoms with Crippen molar-refractivity contribution >= 4 is 12.1 Å². The molecule has 0 spiro atoms. The molecule has 0 saturated heterocycles. The van der Waals surface area contributed by atoms with Crippen LogP contribution in [0.2, 0.25) is 0 Å². The van der Waals surface area contributed by atoms with Crippen LogP contribution in [0.15, 0.2) is 66.0 Å². The third kappa shape index (κ3) is 3.25. The highest BCUT2D eigenvalue weighted by molar-refractivity contribution is 5.96. The van der Waals surface area contributed by atoms with Crippen molar-refractivity contribution in [3.05, 3.63) is 83.4 Å². The number of aryl methyl sites for hydroxylation is 1. The molecule has 0 bridgehead atoms. The second-order valence-corrected chi connectivity index (χ2v) is 5.44. The van der Waals surface area contributed by atoms with Gasteiger partial charge in [-0.15, -0.1) is 0 Å². The van der Waals surface area contributed by atoms with Gasteiger partial charge in [0.1, 0.15) is 0 Å². The average Bonchev–Trinajstić information content (AvgIpc) is 2.91. The van der Waals surface area contributed by atoms with Crippen molar-refractivity contribution in [1.29, 1.82) is 0 Å². The minimum Gasteiger partial charge on any atom is -0.318 e. The topological polar surface area (TPSA) is 59.3 Å². The lowest BCUT2D eigenvalue weighted by molar-refractivity contribution is 0.0954. The number of carbonyl (C=O) groups excluding carboxylic acids is 1. The molecule has 0 unspecified atom stereocenters. The van der Waals surface area contributed by atoms with E-state index in [1.807, 2.05) is 62.4 Å². The Balaban J connectivity index is 1.80. The maximum atomic E-state index is 12.4. The van der Waals surface area contributed by atoms with E-state index in [1.165, 1.54) is 0 Å². The molecule has 0 aliphatic carbocycles. The van der Waals surface area contributed by atoms with Gasteiger partial charge in [0.2, 0.25) is 0 Å². The van der Waals surface area contributed by atoms with Crippen molar-refractivity contribution in [3.8, 4) is 5.69 Å². The molecule has 5 nitrogen and oxygen atoms in total. The molecule has 0 aliphatic rings. The first-order valence-corrected chi connectivity index (χ1v) is 7.64. The number of para-hydroxylation sites is 1. The van der Waals surface area contributed by atoms with E-state index in [0.717, 1.165) is 22.6 Å². The predicted octanol–water partition coefficient (Wildman–Crippen LogP) is 3.25. The number of hydrazone groups is 1. The van der Waals surface area contributed by atoms with Gasteiger partial charge >= 0.3 is 0 Å². The summed E-state index contributed by atoms with van der Waals surface area (Å²) < 4.78 is 2.06. The van der Waals surface area contributed by atoms with E-state index in [-0.39, 0.29) is 5.91 Å². The number of nitrogens with zero attached hydrogens (tertiary/aromatic N) is 3. The molecule has 0 radical (unpaired) electrons. The SMILES string of the molecule is Cc1cc(C(=O)N/N=C/c2cccnc2)c(C)n1-c1ccccc1. The van der Waals surface area contributed by atoms with E-state index in [1.54, 1.807) is 18.6 Å². The summed E-state index contributed by atoms with van der Waals surface area (Å²) in [5.41, 5.74) is 6.92. The molecular weight excluding hydrogens is 300 g/mol. The minimum atomic E-state index is -0.231. The maximum absolute atomic E-state index is 12.4. The Morgan fingerprint density at radius 2 is 1.96 bits per heavy atom. The lowest BCUT2D eigenvalue weighted by Crippen LogP contribution is -2.18. The molecule has 2 heterocycles. The van der Waals surface area contributed by atoms with Gasteiger partial charge in [0.25, 0.3) is 5.91 Å². The summed E-state index contributed by atoms with van der Waals surface area (Å²) in [5, 5.41) is 4.00. The van der Waals surface area contributed by atoms with E-state index in [4.69, 9.17) is 0 Å². The monoisotopic (exact) mass is 318 g/mol. The quantitative estimate of drug-likeness (QED) is 0.593. The number of aromatic nitrogens is 2. The van der Waals surface area contributed by atoms with Gasteiger partial charge in [0, 0.05) is 35.0 Å². The highest BCUT2D eigenvalue weighted by Gasteiger charge is 2.16. The fourth-order valence-corrected chi connectivity index (χ4v) is 2.65. The highest BCUT2D eigenvalue weighted by atomic mass is 16.2. The first kappa shape index (κ1) is 15.7. The number of carbonyl (C=O) groups is 1. The van der Waals surface area contributed by atoms with Gasteiger partial charge < -0.3 is 4.57 Å². The molecule has 120 valence electrons.